The van der Waals surface area contributed by atoms with Crippen LogP contribution < -0.4 is 4.74 Å². The number of para-hydroxylation sites is 1. The van der Waals surface area contributed by atoms with E-state index >= 15 is 0 Å². The van der Waals surface area contributed by atoms with Gasteiger partial charge in [0.25, 0.3) is 0 Å². The Kier molecular flexibility index (Phi) is 4.72. The lowest BCUT2D eigenvalue weighted by atomic mass is 9.80. The van der Waals surface area contributed by atoms with Crippen molar-refractivity contribution in [1.82, 2.24) is 9.97 Å². The van der Waals surface area contributed by atoms with Crippen LogP contribution in [0.3, 0.4) is 0 Å². The van der Waals surface area contributed by atoms with Crippen molar-refractivity contribution in [2.45, 2.75) is 25.7 Å². The van der Waals surface area contributed by atoms with E-state index in [0.29, 0.717) is 18.2 Å². The molecule has 5 heteroatoms. The molecule has 5 nitrogen and oxygen atoms in total. The molecule has 0 radical (unpaired) electrons. The number of aromatic nitrogens is 2. The van der Waals surface area contributed by atoms with Gasteiger partial charge in [0, 0.05) is 18.2 Å². The molecule has 1 heterocycles. The van der Waals surface area contributed by atoms with Crippen LogP contribution in [0.2, 0.25) is 0 Å². The highest BCUT2D eigenvalue weighted by atomic mass is 16.5. The molecule has 1 saturated carbocycles. The summed E-state index contributed by atoms with van der Waals surface area (Å²) in [7, 11) is 0. The Morgan fingerprint density at radius 2 is 2.04 bits per heavy atom. The van der Waals surface area contributed by atoms with Crippen LogP contribution >= 0.6 is 0 Å². The van der Waals surface area contributed by atoms with E-state index in [1.54, 1.807) is 0 Å². The lowest BCUT2D eigenvalue weighted by molar-refractivity contribution is 0.177. The monoisotopic (exact) mass is 309 g/mol. The van der Waals surface area contributed by atoms with Gasteiger partial charge in [0.15, 0.2) is 5.82 Å². The third kappa shape index (κ3) is 3.59. The molecule has 0 aliphatic heterocycles. The molecule has 1 aromatic heterocycles. The first kappa shape index (κ1) is 15.3. The summed E-state index contributed by atoms with van der Waals surface area (Å²) in [4.78, 5) is 8.23. The summed E-state index contributed by atoms with van der Waals surface area (Å²) >= 11 is 0. The van der Waals surface area contributed by atoms with Crippen molar-refractivity contribution in [3.05, 3.63) is 36.5 Å². The van der Waals surface area contributed by atoms with Crippen molar-refractivity contribution in [1.29, 1.82) is 5.26 Å². The molecule has 118 valence electrons. The van der Waals surface area contributed by atoms with Gasteiger partial charge in [-0.15, -0.1) is 0 Å². The van der Waals surface area contributed by atoms with Gasteiger partial charge in [-0.05, 0) is 25.0 Å². The van der Waals surface area contributed by atoms with Crippen LogP contribution in [0.25, 0.3) is 11.4 Å². The summed E-state index contributed by atoms with van der Waals surface area (Å²) in [6.45, 7) is 0.522. The SMILES string of the molecule is N#CC1CCCCC1COc1ccccc1-c1nccc(O)n1. The molecule has 1 aliphatic rings. The molecule has 2 atom stereocenters. The van der Waals surface area contributed by atoms with Crippen molar-refractivity contribution >= 4 is 0 Å². The topological polar surface area (TPSA) is 79.0 Å². The zero-order valence-corrected chi connectivity index (χ0v) is 12.9. The summed E-state index contributed by atoms with van der Waals surface area (Å²) in [6.07, 6.45) is 5.79. The van der Waals surface area contributed by atoms with Crippen LogP contribution in [0, 0.1) is 23.2 Å². The minimum absolute atomic E-state index is 0.0679. The maximum absolute atomic E-state index is 9.54. The first-order valence-corrected chi connectivity index (χ1v) is 7.92. The molecule has 0 amide bonds. The van der Waals surface area contributed by atoms with E-state index in [4.69, 9.17) is 4.74 Å². The molecule has 23 heavy (non-hydrogen) atoms. The van der Waals surface area contributed by atoms with Crippen LogP contribution in [0.1, 0.15) is 25.7 Å². The van der Waals surface area contributed by atoms with E-state index < -0.39 is 0 Å². The molecular formula is C18H19N3O2. The van der Waals surface area contributed by atoms with Crippen molar-refractivity contribution in [2.75, 3.05) is 6.61 Å². The van der Waals surface area contributed by atoms with Crippen molar-refractivity contribution in [3.63, 3.8) is 0 Å². The number of nitriles is 1. The normalized spacial score (nSPS) is 20.7. The Bertz CT molecular complexity index is 711. The molecular weight excluding hydrogens is 290 g/mol. The van der Waals surface area contributed by atoms with E-state index in [1.165, 1.54) is 12.3 Å². The Morgan fingerprint density at radius 3 is 2.87 bits per heavy atom. The van der Waals surface area contributed by atoms with Gasteiger partial charge in [0.05, 0.1) is 24.2 Å². The summed E-state index contributed by atoms with van der Waals surface area (Å²) < 4.78 is 5.99. The number of nitrogens with zero attached hydrogens (tertiary/aromatic N) is 3. The van der Waals surface area contributed by atoms with Crippen LogP contribution in [0.15, 0.2) is 36.5 Å². The first-order chi connectivity index (χ1) is 11.3. The fraction of sp³-hybridized carbons (Fsp3) is 0.389. The molecule has 1 aromatic carbocycles. The van der Waals surface area contributed by atoms with Gasteiger partial charge < -0.3 is 9.84 Å². The smallest absolute Gasteiger partial charge is 0.214 e. The highest BCUT2D eigenvalue weighted by molar-refractivity contribution is 5.64. The first-order valence-electron chi connectivity index (χ1n) is 7.92. The maximum atomic E-state index is 9.54. The number of rotatable bonds is 4. The van der Waals surface area contributed by atoms with Gasteiger partial charge in [-0.1, -0.05) is 25.0 Å². The fourth-order valence-electron chi connectivity index (χ4n) is 3.03. The summed E-state index contributed by atoms with van der Waals surface area (Å²) in [5.74, 6) is 1.39. The Morgan fingerprint density at radius 1 is 1.22 bits per heavy atom. The van der Waals surface area contributed by atoms with Crippen molar-refractivity contribution < 1.29 is 9.84 Å². The van der Waals surface area contributed by atoms with E-state index in [2.05, 4.69) is 16.0 Å². The number of hydrogen-bond donors (Lipinski definition) is 1. The minimum Gasteiger partial charge on any atom is -0.493 e. The van der Waals surface area contributed by atoms with Gasteiger partial charge in [0.1, 0.15) is 5.75 Å². The Hall–Kier alpha value is -2.61. The standard InChI is InChI=1S/C18H19N3O2/c19-11-13-5-1-2-6-14(13)12-23-16-8-4-3-7-15(16)18-20-10-9-17(22)21-18/h3-4,7-10,13-14H,1-2,5-6,12H2,(H,20,21,22). The van der Waals surface area contributed by atoms with Crippen LogP contribution in [0.5, 0.6) is 11.6 Å². The highest BCUT2D eigenvalue weighted by Gasteiger charge is 2.25. The average molecular weight is 309 g/mol. The third-order valence-corrected chi connectivity index (χ3v) is 4.30. The van der Waals surface area contributed by atoms with Gasteiger partial charge in [-0.3, -0.25) is 0 Å². The number of hydrogen-bond acceptors (Lipinski definition) is 5. The zero-order valence-electron chi connectivity index (χ0n) is 12.9. The summed E-state index contributed by atoms with van der Waals surface area (Å²) in [5.41, 5.74) is 0.743. The molecule has 0 bridgehead atoms. The van der Waals surface area contributed by atoms with E-state index in [9.17, 15) is 10.4 Å². The van der Waals surface area contributed by atoms with Crippen LogP contribution in [0.4, 0.5) is 0 Å². The zero-order chi connectivity index (χ0) is 16.1. The Balaban J connectivity index is 1.77. The molecule has 1 N–H and O–H groups in total. The molecule has 1 fully saturated rings. The van der Waals surface area contributed by atoms with Gasteiger partial charge in [-0.2, -0.15) is 10.2 Å². The molecule has 0 saturated heterocycles. The van der Waals surface area contributed by atoms with Crippen molar-refractivity contribution in [2.24, 2.45) is 11.8 Å². The predicted octanol–water partition coefficient (Wildman–Crippen LogP) is 3.56. The average Bonchev–Trinajstić information content (AvgIpc) is 2.60. The molecule has 3 rings (SSSR count). The summed E-state index contributed by atoms with van der Waals surface area (Å²) in [5, 5.41) is 18.8. The van der Waals surface area contributed by atoms with E-state index in [1.807, 2.05) is 24.3 Å². The number of ether oxygens (including phenoxy) is 1. The fourth-order valence-corrected chi connectivity index (χ4v) is 3.03. The molecule has 1 aliphatic carbocycles. The molecule has 2 aromatic rings. The second kappa shape index (κ2) is 7.10. The number of aromatic hydroxyl groups is 1. The van der Waals surface area contributed by atoms with Crippen LogP contribution in [-0.2, 0) is 0 Å². The highest BCUT2D eigenvalue weighted by Crippen LogP contribution is 2.32. The van der Waals surface area contributed by atoms with E-state index in [0.717, 1.165) is 31.2 Å². The second-order valence-corrected chi connectivity index (χ2v) is 5.83. The number of benzene rings is 1. The molecule has 0 spiro atoms. The largest absolute Gasteiger partial charge is 0.493 e. The van der Waals surface area contributed by atoms with Gasteiger partial charge >= 0.3 is 0 Å². The third-order valence-electron chi connectivity index (χ3n) is 4.30. The molecule has 2 unspecified atom stereocenters. The quantitative estimate of drug-likeness (QED) is 0.934. The van der Waals surface area contributed by atoms with Gasteiger partial charge in [-0.25, -0.2) is 4.98 Å². The van der Waals surface area contributed by atoms with Crippen molar-refractivity contribution in [3.8, 4) is 29.1 Å². The second-order valence-electron chi connectivity index (χ2n) is 5.83. The lowest BCUT2D eigenvalue weighted by Crippen LogP contribution is -2.24. The lowest BCUT2D eigenvalue weighted by Gasteiger charge is -2.26. The Labute approximate surface area is 135 Å². The van der Waals surface area contributed by atoms with Crippen LogP contribution in [-0.4, -0.2) is 21.7 Å². The van der Waals surface area contributed by atoms with E-state index in [-0.39, 0.29) is 17.7 Å². The van der Waals surface area contributed by atoms with Gasteiger partial charge in [0.2, 0.25) is 5.88 Å². The predicted molar refractivity (Wildman–Crippen MR) is 85.7 cm³/mol. The summed E-state index contributed by atoms with van der Waals surface area (Å²) in [6, 6.07) is 11.4. The minimum atomic E-state index is -0.0679. The maximum Gasteiger partial charge on any atom is 0.214 e.